The maximum absolute atomic E-state index is 15.9. The van der Waals surface area contributed by atoms with Gasteiger partial charge in [0.1, 0.15) is 0 Å². The fourth-order valence-electron chi connectivity index (χ4n) is 4.31. The van der Waals surface area contributed by atoms with Crippen molar-refractivity contribution in [3.05, 3.63) is 85.6 Å². The first-order valence-electron chi connectivity index (χ1n) is 12.8. The van der Waals surface area contributed by atoms with Gasteiger partial charge in [-0.25, -0.2) is 8.78 Å². The van der Waals surface area contributed by atoms with Crippen LogP contribution in [0.3, 0.4) is 0 Å². The molecule has 1 aliphatic carbocycles. The van der Waals surface area contributed by atoms with Crippen molar-refractivity contribution < 1.29 is 62.6 Å². The van der Waals surface area contributed by atoms with E-state index in [9.17, 15) is 53.5 Å². The number of nitrogens with zero attached hydrogens (tertiary/aromatic N) is 1. The number of nitrogens with one attached hydrogen (secondary N) is 1. The molecule has 2 amide bonds. The average Bonchev–Trinajstić information content (AvgIpc) is 3.76. The SMILES string of the molecule is O=C(Nc1c(Br)cc(C(F)(C(F)(F)F)C(F)(F)F)cc1OC(F)(F)F)c1cccc(N(CC2CC2)C(=O)c2ccc(Cl)c(Cl)c2)c1F. The van der Waals surface area contributed by atoms with E-state index in [1.165, 1.54) is 18.2 Å². The molecule has 0 bridgehead atoms. The smallest absolute Gasteiger partial charge is 0.404 e. The van der Waals surface area contributed by atoms with Crippen molar-refractivity contribution in [2.45, 2.75) is 37.2 Å². The molecule has 0 aliphatic heterocycles. The van der Waals surface area contributed by atoms with E-state index >= 15 is 4.39 Å². The van der Waals surface area contributed by atoms with Gasteiger partial charge in [0.2, 0.25) is 0 Å². The molecule has 0 heterocycles. The van der Waals surface area contributed by atoms with E-state index in [4.69, 9.17) is 23.2 Å². The number of hydrogen-bond donors (Lipinski definition) is 1. The van der Waals surface area contributed by atoms with Crippen LogP contribution >= 0.6 is 39.1 Å². The van der Waals surface area contributed by atoms with Gasteiger partial charge in [-0.15, -0.1) is 13.2 Å². The highest BCUT2D eigenvalue weighted by molar-refractivity contribution is 9.10. The van der Waals surface area contributed by atoms with Crippen molar-refractivity contribution >= 4 is 62.3 Å². The molecule has 1 fully saturated rings. The Morgan fingerprint density at radius 2 is 1.51 bits per heavy atom. The first kappa shape index (κ1) is 36.5. The Bertz CT molecular complexity index is 1700. The Morgan fingerprint density at radius 1 is 0.894 bits per heavy atom. The standard InChI is InChI=1S/C28H16BrCl2F11N2O3/c29-16-9-14(25(33,26(34,35)36)27(37,38)39)10-20(47-28(40,41)42)22(16)43-23(45)15-2-1-3-19(21(15)32)44(11-12-4-5-12)24(46)13-6-7-17(30)18(31)8-13/h1-3,6-10,12H,4-5,11H2,(H,43,45). The third kappa shape index (κ3) is 7.72. The van der Waals surface area contributed by atoms with Crippen LogP contribution in [0, 0.1) is 11.7 Å². The van der Waals surface area contributed by atoms with Crippen molar-refractivity contribution in [2.24, 2.45) is 5.92 Å². The minimum Gasteiger partial charge on any atom is -0.404 e. The molecule has 254 valence electrons. The molecule has 19 heteroatoms. The van der Waals surface area contributed by atoms with Gasteiger partial charge in [0.25, 0.3) is 11.8 Å². The second kappa shape index (κ2) is 13.0. The number of carbonyl (C=O) groups is 2. The molecule has 0 radical (unpaired) electrons. The van der Waals surface area contributed by atoms with Crippen molar-refractivity contribution in [1.29, 1.82) is 0 Å². The number of halogens is 14. The number of rotatable bonds is 8. The molecule has 0 atom stereocenters. The summed E-state index contributed by atoms with van der Waals surface area (Å²) in [6.45, 7) is -0.0267. The van der Waals surface area contributed by atoms with Crippen molar-refractivity contribution in [2.75, 3.05) is 16.8 Å². The Kier molecular flexibility index (Phi) is 10.1. The quantitative estimate of drug-likeness (QED) is 0.231. The van der Waals surface area contributed by atoms with Crippen LogP contribution in [0.25, 0.3) is 0 Å². The summed E-state index contributed by atoms with van der Waals surface area (Å²) in [6, 6.07) is 6.17. The summed E-state index contributed by atoms with van der Waals surface area (Å²) in [6.07, 6.45) is -17.8. The molecule has 1 aliphatic rings. The molecular formula is C28H16BrCl2F11N2O3. The lowest BCUT2D eigenvalue weighted by atomic mass is 9.93. The van der Waals surface area contributed by atoms with Crippen LogP contribution in [-0.2, 0) is 5.67 Å². The van der Waals surface area contributed by atoms with Crippen LogP contribution < -0.4 is 15.0 Å². The highest BCUT2D eigenvalue weighted by Crippen LogP contribution is 2.55. The summed E-state index contributed by atoms with van der Waals surface area (Å²) in [5.41, 5.74) is -11.2. The van der Waals surface area contributed by atoms with Gasteiger partial charge in [0.05, 0.1) is 27.0 Å². The molecule has 1 N–H and O–H groups in total. The zero-order valence-electron chi connectivity index (χ0n) is 22.8. The molecular weight excluding hydrogens is 772 g/mol. The third-order valence-corrected chi connectivity index (χ3v) is 8.12. The number of carbonyl (C=O) groups excluding carboxylic acids is 2. The Balaban J connectivity index is 1.77. The molecule has 0 unspecified atom stereocenters. The second-order valence-electron chi connectivity index (χ2n) is 10.1. The number of benzene rings is 3. The fraction of sp³-hybridized carbons (Fsp3) is 0.286. The highest BCUT2D eigenvalue weighted by Gasteiger charge is 2.73. The number of amides is 2. The van der Waals surface area contributed by atoms with E-state index in [-0.39, 0.29) is 34.1 Å². The first-order valence-corrected chi connectivity index (χ1v) is 14.4. The lowest BCUT2D eigenvalue weighted by molar-refractivity contribution is -0.348. The maximum Gasteiger partial charge on any atom is 0.573 e. The van der Waals surface area contributed by atoms with Gasteiger partial charge in [0.15, 0.2) is 11.6 Å². The normalized spacial score (nSPS) is 14.2. The zero-order valence-corrected chi connectivity index (χ0v) is 25.9. The van der Waals surface area contributed by atoms with E-state index in [1.54, 1.807) is 5.32 Å². The molecule has 1 saturated carbocycles. The van der Waals surface area contributed by atoms with Gasteiger partial charge in [-0.2, -0.15) is 26.3 Å². The number of hydrogen-bond acceptors (Lipinski definition) is 3. The Hall–Kier alpha value is -3.31. The molecule has 3 aromatic rings. The van der Waals surface area contributed by atoms with Gasteiger partial charge in [-0.1, -0.05) is 29.3 Å². The van der Waals surface area contributed by atoms with Crippen molar-refractivity contribution in [3.8, 4) is 5.75 Å². The number of anilines is 2. The average molecular weight is 788 g/mol. The number of ether oxygens (including phenoxy) is 1. The minimum absolute atomic E-state index is 0.00133. The Labute approximate surface area is 275 Å². The summed E-state index contributed by atoms with van der Waals surface area (Å²) in [4.78, 5) is 27.6. The summed E-state index contributed by atoms with van der Waals surface area (Å²) < 4.78 is 153. The van der Waals surface area contributed by atoms with Crippen LogP contribution in [0.5, 0.6) is 5.75 Å². The lowest BCUT2D eigenvalue weighted by Crippen LogP contribution is -2.50. The van der Waals surface area contributed by atoms with Gasteiger partial charge in [-0.3, -0.25) is 9.59 Å². The predicted molar refractivity (Wildman–Crippen MR) is 151 cm³/mol. The predicted octanol–water partition coefficient (Wildman–Crippen LogP) is 10.4. The second-order valence-corrected chi connectivity index (χ2v) is 11.8. The van der Waals surface area contributed by atoms with E-state index in [1.807, 2.05) is 0 Å². The summed E-state index contributed by atoms with van der Waals surface area (Å²) in [5, 5.41) is 1.85. The topological polar surface area (TPSA) is 58.6 Å². The molecule has 47 heavy (non-hydrogen) atoms. The van der Waals surface area contributed by atoms with Gasteiger partial charge in [0, 0.05) is 22.1 Å². The largest absolute Gasteiger partial charge is 0.573 e. The molecule has 0 saturated heterocycles. The Morgan fingerprint density at radius 3 is 2.04 bits per heavy atom. The van der Waals surface area contributed by atoms with Gasteiger partial charge >= 0.3 is 24.4 Å². The minimum atomic E-state index is -6.70. The molecule has 5 nitrogen and oxygen atoms in total. The monoisotopic (exact) mass is 786 g/mol. The number of alkyl halides is 10. The summed E-state index contributed by atoms with van der Waals surface area (Å²) in [7, 11) is 0. The van der Waals surface area contributed by atoms with Gasteiger partial charge < -0.3 is 15.0 Å². The zero-order chi connectivity index (χ0) is 35.3. The van der Waals surface area contributed by atoms with Crippen LogP contribution in [0.15, 0.2) is 53.0 Å². The summed E-state index contributed by atoms with van der Waals surface area (Å²) in [5.74, 6) is -5.66. The molecule has 4 rings (SSSR count). The van der Waals surface area contributed by atoms with Crippen LogP contribution in [-0.4, -0.2) is 37.1 Å². The van der Waals surface area contributed by atoms with Crippen LogP contribution in [0.4, 0.5) is 59.7 Å². The highest BCUT2D eigenvalue weighted by atomic mass is 79.9. The molecule has 3 aromatic carbocycles. The van der Waals surface area contributed by atoms with E-state index < -0.39 is 80.8 Å². The maximum atomic E-state index is 15.9. The van der Waals surface area contributed by atoms with Crippen molar-refractivity contribution in [1.82, 2.24) is 0 Å². The first-order chi connectivity index (χ1) is 21.5. The van der Waals surface area contributed by atoms with E-state index in [2.05, 4.69) is 20.7 Å². The lowest BCUT2D eigenvalue weighted by Gasteiger charge is -2.31. The van der Waals surface area contributed by atoms with E-state index in [0.29, 0.717) is 12.8 Å². The summed E-state index contributed by atoms with van der Waals surface area (Å²) >= 11 is 14.3. The van der Waals surface area contributed by atoms with Gasteiger partial charge in [-0.05, 0) is 77.2 Å². The van der Waals surface area contributed by atoms with Crippen LogP contribution in [0.1, 0.15) is 39.1 Å². The molecule has 0 aromatic heterocycles. The van der Waals surface area contributed by atoms with E-state index in [0.717, 1.165) is 23.1 Å². The van der Waals surface area contributed by atoms with Crippen LogP contribution in [0.2, 0.25) is 10.0 Å². The third-order valence-electron chi connectivity index (χ3n) is 6.76. The van der Waals surface area contributed by atoms with Crippen molar-refractivity contribution in [3.63, 3.8) is 0 Å². The molecule has 0 spiro atoms. The fourth-order valence-corrected chi connectivity index (χ4v) is 5.15.